The minimum Gasteiger partial charge on any atom is -0.354 e. The first-order chi connectivity index (χ1) is 16.3. The van der Waals surface area contributed by atoms with E-state index in [1.165, 1.54) is 0 Å². The Kier molecular flexibility index (Phi) is 9.55. The van der Waals surface area contributed by atoms with E-state index in [1.807, 2.05) is 80.6 Å². The van der Waals surface area contributed by atoms with Crippen LogP contribution in [-0.2, 0) is 29.0 Å². The van der Waals surface area contributed by atoms with Gasteiger partial charge in [0.15, 0.2) is 0 Å². The predicted octanol–water partition coefficient (Wildman–Crippen LogP) is 5.95. The van der Waals surface area contributed by atoms with Crippen molar-refractivity contribution in [1.29, 1.82) is 0 Å². The van der Waals surface area contributed by atoms with Crippen molar-refractivity contribution in [3.63, 3.8) is 0 Å². The van der Waals surface area contributed by atoms with Crippen LogP contribution in [0.25, 0.3) is 0 Å². The van der Waals surface area contributed by atoms with E-state index in [0.717, 1.165) is 16.7 Å². The molecule has 1 N–H and O–H groups in total. The number of hydrogen-bond donors (Lipinski definition) is 1. The van der Waals surface area contributed by atoms with Gasteiger partial charge in [-0.05, 0) is 40.8 Å². The number of nitrogens with one attached hydrogen (secondary N) is 1. The zero-order valence-electron chi connectivity index (χ0n) is 19.5. The highest BCUT2D eigenvalue weighted by molar-refractivity contribution is 6.31. The van der Waals surface area contributed by atoms with E-state index in [4.69, 9.17) is 23.2 Å². The average molecular weight is 497 g/mol. The molecule has 3 aromatic carbocycles. The lowest BCUT2D eigenvalue weighted by Crippen LogP contribution is -2.51. The molecule has 34 heavy (non-hydrogen) atoms. The molecule has 0 saturated carbocycles. The first kappa shape index (κ1) is 25.8. The molecule has 4 nitrogen and oxygen atoms in total. The van der Waals surface area contributed by atoms with Crippen LogP contribution >= 0.6 is 23.2 Å². The Bertz CT molecular complexity index is 1100. The Morgan fingerprint density at radius 1 is 0.882 bits per heavy atom. The zero-order valence-corrected chi connectivity index (χ0v) is 21.0. The van der Waals surface area contributed by atoms with Crippen LogP contribution in [0, 0.1) is 5.92 Å². The highest BCUT2D eigenvalue weighted by atomic mass is 35.5. The van der Waals surface area contributed by atoms with Crippen LogP contribution in [0.15, 0.2) is 78.9 Å². The van der Waals surface area contributed by atoms with Gasteiger partial charge in [0.05, 0.1) is 6.42 Å². The fourth-order valence-corrected chi connectivity index (χ4v) is 4.13. The average Bonchev–Trinajstić information content (AvgIpc) is 2.82. The van der Waals surface area contributed by atoms with Crippen molar-refractivity contribution in [2.45, 2.75) is 39.3 Å². The van der Waals surface area contributed by atoms with E-state index in [0.29, 0.717) is 28.9 Å². The summed E-state index contributed by atoms with van der Waals surface area (Å²) in [6, 6.07) is 23.7. The molecule has 6 heteroatoms. The maximum Gasteiger partial charge on any atom is 0.243 e. The summed E-state index contributed by atoms with van der Waals surface area (Å²) in [6.07, 6.45) is 0.503. The molecule has 1 atom stereocenters. The van der Waals surface area contributed by atoms with Gasteiger partial charge in [0.2, 0.25) is 11.8 Å². The van der Waals surface area contributed by atoms with Crippen LogP contribution < -0.4 is 5.32 Å². The number of benzene rings is 3. The molecule has 0 heterocycles. The summed E-state index contributed by atoms with van der Waals surface area (Å²) in [5.74, 6) is -0.0534. The highest BCUT2D eigenvalue weighted by Crippen LogP contribution is 2.21. The SMILES string of the molecule is CC(C)CNC(=O)C(Cc1ccccc1)N(Cc1cccc(Cl)c1)C(=O)Cc1ccccc1Cl. The molecule has 3 rings (SSSR count). The Labute approximate surface area is 211 Å². The Morgan fingerprint density at radius 3 is 2.24 bits per heavy atom. The van der Waals surface area contributed by atoms with Gasteiger partial charge in [0.1, 0.15) is 6.04 Å². The third-order valence-electron chi connectivity index (χ3n) is 5.50. The summed E-state index contributed by atoms with van der Waals surface area (Å²) in [5.41, 5.74) is 2.56. The van der Waals surface area contributed by atoms with Crippen molar-refractivity contribution in [2.24, 2.45) is 5.92 Å². The molecule has 0 radical (unpaired) electrons. The first-order valence-corrected chi connectivity index (χ1v) is 12.2. The zero-order chi connectivity index (χ0) is 24.5. The molecule has 0 aromatic heterocycles. The minimum atomic E-state index is -0.685. The van der Waals surface area contributed by atoms with E-state index < -0.39 is 6.04 Å². The number of nitrogens with zero attached hydrogens (tertiary/aromatic N) is 1. The summed E-state index contributed by atoms with van der Waals surface area (Å²) in [6.45, 7) is 4.88. The smallest absolute Gasteiger partial charge is 0.243 e. The van der Waals surface area contributed by atoms with Gasteiger partial charge in [0, 0.05) is 29.6 Å². The van der Waals surface area contributed by atoms with Gasteiger partial charge in [-0.2, -0.15) is 0 Å². The molecular weight excluding hydrogens is 467 g/mol. The van der Waals surface area contributed by atoms with Crippen LogP contribution in [-0.4, -0.2) is 29.3 Å². The summed E-state index contributed by atoms with van der Waals surface area (Å²) in [7, 11) is 0. The molecule has 0 fully saturated rings. The van der Waals surface area contributed by atoms with E-state index >= 15 is 0 Å². The molecule has 0 aliphatic carbocycles. The molecular formula is C28H30Cl2N2O2. The van der Waals surface area contributed by atoms with Gasteiger partial charge >= 0.3 is 0 Å². The maximum atomic E-state index is 13.7. The molecule has 0 spiro atoms. The van der Waals surface area contributed by atoms with Crippen molar-refractivity contribution in [3.05, 3.63) is 106 Å². The standard InChI is InChI=1S/C28H30Cl2N2O2/c1-20(2)18-31-28(34)26(16-21-9-4-3-5-10-21)32(19-22-11-8-13-24(29)15-22)27(33)17-23-12-6-7-14-25(23)30/h3-15,20,26H,16-19H2,1-2H3,(H,31,34). The molecule has 0 saturated heterocycles. The van der Waals surface area contributed by atoms with Crippen LogP contribution in [0.4, 0.5) is 0 Å². The van der Waals surface area contributed by atoms with E-state index in [1.54, 1.807) is 17.0 Å². The van der Waals surface area contributed by atoms with Gasteiger partial charge in [-0.1, -0.05) is 97.7 Å². The molecule has 178 valence electrons. The summed E-state index contributed by atoms with van der Waals surface area (Å²) in [4.78, 5) is 28.8. The van der Waals surface area contributed by atoms with Gasteiger partial charge in [-0.15, -0.1) is 0 Å². The van der Waals surface area contributed by atoms with Crippen LogP contribution in [0.2, 0.25) is 10.0 Å². The van der Waals surface area contributed by atoms with Crippen molar-refractivity contribution >= 4 is 35.0 Å². The van der Waals surface area contributed by atoms with Crippen molar-refractivity contribution in [1.82, 2.24) is 10.2 Å². The van der Waals surface area contributed by atoms with Crippen LogP contribution in [0.5, 0.6) is 0 Å². The lowest BCUT2D eigenvalue weighted by atomic mass is 10.0. The lowest BCUT2D eigenvalue weighted by Gasteiger charge is -2.32. The van der Waals surface area contributed by atoms with Crippen LogP contribution in [0.3, 0.4) is 0 Å². The molecule has 0 aliphatic heterocycles. The second kappa shape index (κ2) is 12.6. The molecule has 2 amide bonds. The fourth-order valence-electron chi connectivity index (χ4n) is 3.71. The highest BCUT2D eigenvalue weighted by Gasteiger charge is 2.30. The van der Waals surface area contributed by atoms with Gasteiger partial charge < -0.3 is 10.2 Å². The molecule has 1 unspecified atom stereocenters. The number of carbonyl (C=O) groups is 2. The number of halogens is 2. The molecule has 3 aromatic rings. The normalized spacial score (nSPS) is 11.8. The summed E-state index contributed by atoms with van der Waals surface area (Å²) >= 11 is 12.6. The Hall–Kier alpha value is -2.82. The van der Waals surface area contributed by atoms with Crippen molar-refractivity contribution in [2.75, 3.05) is 6.54 Å². The van der Waals surface area contributed by atoms with Crippen molar-refractivity contribution < 1.29 is 9.59 Å². The third-order valence-corrected chi connectivity index (χ3v) is 6.10. The Morgan fingerprint density at radius 2 is 1.56 bits per heavy atom. The largest absolute Gasteiger partial charge is 0.354 e. The van der Waals surface area contributed by atoms with E-state index in [-0.39, 0.29) is 24.8 Å². The van der Waals surface area contributed by atoms with Gasteiger partial charge in [-0.3, -0.25) is 9.59 Å². The second-order valence-corrected chi connectivity index (χ2v) is 9.61. The number of amides is 2. The molecule has 0 aliphatic rings. The van der Waals surface area contributed by atoms with Crippen molar-refractivity contribution in [3.8, 4) is 0 Å². The Balaban J connectivity index is 1.97. The van der Waals surface area contributed by atoms with E-state index in [9.17, 15) is 9.59 Å². The number of hydrogen-bond acceptors (Lipinski definition) is 2. The predicted molar refractivity (Wildman–Crippen MR) is 139 cm³/mol. The monoisotopic (exact) mass is 496 g/mol. The van der Waals surface area contributed by atoms with Gasteiger partial charge in [-0.25, -0.2) is 0 Å². The first-order valence-electron chi connectivity index (χ1n) is 11.4. The number of carbonyl (C=O) groups excluding carboxylic acids is 2. The van der Waals surface area contributed by atoms with Crippen LogP contribution in [0.1, 0.15) is 30.5 Å². The third kappa shape index (κ3) is 7.61. The molecule has 0 bridgehead atoms. The topological polar surface area (TPSA) is 49.4 Å². The second-order valence-electron chi connectivity index (χ2n) is 8.76. The fraction of sp³-hybridized carbons (Fsp3) is 0.286. The van der Waals surface area contributed by atoms with Gasteiger partial charge in [0.25, 0.3) is 0 Å². The maximum absolute atomic E-state index is 13.7. The minimum absolute atomic E-state index is 0.100. The summed E-state index contributed by atoms with van der Waals surface area (Å²) in [5, 5.41) is 4.14. The quantitative estimate of drug-likeness (QED) is 0.377. The lowest BCUT2D eigenvalue weighted by molar-refractivity contribution is -0.140. The van der Waals surface area contributed by atoms with E-state index in [2.05, 4.69) is 5.32 Å². The summed E-state index contributed by atoms with van der Waals surface area (Å²) < 4.78 is 0. The number of rotatable bonds is 10.